The minimum atomic E-state index is -0.879. The minimum Gasteiger partial charge on any atom is -0.468 e. The predicted molar refractivity (Wildman–Crippen MR) is 38.6 cm³/mol. The van der Waals surface area contributed by atoms with Crippen LogP contribution < -0.4 is 5.73 Å². The van der Waals surface area contributed by atoms with Gasteiger partial charge in [0, 0.05) is 4.91 Å². The first-order valence-corrected chi connectivity index (χ1v) is 3.01. The molecule has 0 aromatic carbocycles. The second-order valence-corrected chi connectivity index (χ2v) is 1.99. The number of hydrogen-bond donors (Lipinski definition) is 1. The third-order valence-electron chi connectivity index (χ3n) is 1.23. The molecular formula is C5H10N4O2. The molecule has 0 aromatic rings. The Hall–Kier alpha value is -1.26. The first-order chi connectivity index (χ1) is 5.13. The van der Waals surface area contributed by atoms with Crippen molar-refractivity contribution in [1.29, 1.82) is 0 Å². The van der Waals surface area contributed by atoms with E-state index in [0.29, 0.717) is 0 Å². The fraction of sp³-hybridized carbons (Fsp3) is 0.800. The van der Waals surface area contributed by atoms with Gasteiger partial charge in [-0.3, -0.25) is 4.79 Å². The van der Waals surface area contributed by atoms with Gasteiger partial charge in [0.25, 0.3) is 0 Å². The van der Waals surface area contributed by atoms with Crippen molar-refractivity contribution in [2.24, 2.45) is 10.8 Å². The topological polar surface area (TPSA) is 101 Å². The van der Waals surface area contributed by atoms with E-state index < -0.39 is 18.1 Å². The van der Waals surface area contributed by atoms with Crippen LogP contribution >= 0.6 is 0 Å². The minimum absolute atomic E-state index is 0.576. The lowest BCUT2D eigenvalue weighted by atomic mass is 10.2. The molecule has 11 heavy (non-hydrogen) atoms. The quantitative estimate of drug-likeness (QED) is 0.274. The van der Waals surface area contributed by atoms with E-state index in [0.717, 1.165) is 0 Å². The van der Waals surface area contributed by atoms with Crippen LogP contribution in [0.3, 0.4) is 0 Å². The zero-order valence-electron chi connectivity index (χ0n) is 6.39. The van der Waals surface area contributed by atoms with E-state index in [1.165, 1.54) is 7.11 Å². The van der Waals surface area contributed by atoms with Crippen LogP contribution in [0.4, 0.5) is 0 Å². The van der Waals surface area contributed by atoms with Crippen molar-refractivity contribution >= 4 is 5.97 Å². The van der Waals surface area contributed by atoms with E-state index in [9.17, 15) is 4.79 Å². The Morgan fingerprint density at radius 3 is 2.73 bits per heavy atom. The summed E-state index contributed by atoms with van der Waals surface area (Å²) in [6.45, 7) is 1.54. The average molecular weight is 158 g/mol. The monoisotopic (exact) mass is 158 g/mol. The molecule has 0 saturated heterocycles. The molecule has 2 N–H and O–H groups in total. The highest BCUT2D eigenvalue weighted by Gasteiger charge is 2.19. The number of esters is 1. The summed E-state index contributed by atoms with van der Waals surface area (Å²) in [6, 6.07) is -1.46. The highest BCUT2D eigenvalue weighted by Crippen LogP contribution is 1.97. The van der Waals surface area contributed by atoms with E-state index in [1.807, 2.05) is 0 Å². The molecule has 2 atom stereocenters. The van der Waals surface area contributed by atoms with Crippen molar-refractivity contribution in [1.82, 2.24) is 0 Å². The molecule has 0 radical (unpaired) electrons. The van der Waals surface area contributed by atoms with Crippen molar-refractivity contribution in [2.45, 2.75) is 19.0 Å². The van der Waals surface area contributed by atoms with E-state index in [2.05, 4.69) is 14.8 Å². The number of hydrogen-bond acceptors (Lipinski definition) is 4. The van der Waals surface area contributed by atoms with Gasteiger partial charge < -0.3 is 10.5 Å². The maximum Gasteiger partial charge on any atom is 0.323 e. The molecule has 0 rings (SSSR count). The fourth-order valence-corrected chi connectivity index (χ4v) is 0.486. The van der Waals surface area contributed by atoms with Gasteiger partial charge in [0.05, 0.1) is 13.2 Å². The second kappa shape index (κ2) is 4.54. The zero-order chi connectivity index (χ0) is 8.85. The Balaban J connectivity index is 4.11. The second-order valence-electron chi connectivity index (χ2n) is 1.99. The SMILES string of the molecule is COC(=O)C(N)[C@@H](C)N=[N+]=[N-]. The standard InChI is InChI=1S/C5H10N4O2/c1-3(8-9-7)4(6)5(10)11-2/h3-4H,6H2,1-2H3/t3-,4?/m1/s1. The first kappa shape index (κ1) is 9.74. The summed E-state index contributed by atoms with van der Waals surface area (Å²) in [5.74, 6) is -0.579. The molecule has 6 nitrogen and oxygen atoms in total. The Morgan fingerprint density at radius 2 is 2.36 bits per heavy atom. The van der Waals surface area contributed by atoms with Crippen LogP contribution in [0.25, 0.3) is 10.4 Å². The summed E-state index contributed by atoms with van der Waals surface area (Å²) in [4.78, 5) is 13.2. The van der Waals surface area contributed by atoms with Crippen molar-refractivity contribution < 1.29 is 9.53 Å². The number of carbonyl (C=O) groups excluding carboxylic acids is 1. The van der Waals surface area contributed by atoms with E-state index in [1.54, 1.807) is 6.92 Å². The van der Waals surface area contributed by atoms with Crippen LogP contribution in [-0.4, -0.2) is 25.2 Å². The van der Waals surface area contributed by atoms with Gasteiger partial charge in [0.15, 0.2) is 0 Å². The number of nitrogens with zero attached hydrogens (tertiary/aromatic N) is 3. The van der Waals surface area contributed by atoms with Gasteiger partial charge in [-0.1, -0.05) is 12.0 Å². The normalized spacial score (nSPS) is 14.5. The van der Waals surface area contributed by atoms with E-state index in [-0.39, 0.29) is 0 Å². The number of rotatable bonds is 3. The molecule has 62 valence electrons. The number of ether oxygens (including phenoxy) is 1. The number of azide groups is 1. The summed E-state index contributed by atoms with van der Waals surface area (Å²) in [6.07, 6.45) is 0. The van der Waals surface area contributed by atoms with Crippen molar-refractivity contribution in [2.75, 3.05) is 7.11 Å². The molecule has 0 aliphatic carbocycles. The third-order valence-corrected chi connectivity index (χ3v) is 1.23. The molecular weight excluding hydrogens is 148 g/mol. The number of carbonyl (C=O) groups is 1. The van der Waals surface area contributed by atoms with Crippen molar-refractivity contribution in [3.63, 3.8) is 0 Å². The van der Waals surface area contributed by atoms with Crippen molar-refractivity contribution in [3.8, 4) is 0 Å². The maximum atomic E-state index is 10.7. The maximum absolute atomic E-state index is 10.7. The highest BCUT2D eigenvalue weighted by molar-refractivity contribution is 5.76. The lowest BCUT2D eigenvalue weighted by Gasteiger charge is -2.11. The zero-order valence-corrected chi connectivity index (χ0v) is 6.39. The summed E-state index contributed by atoms with van der Waals surface area (Å²) in [5, 5.41) is 3.25. The van der Waals surface area contributed by atoms with Gasteiger partial charge in [-0.2, -0.15) is 0 Å². The molecule has 0 aromatic heterocycles. The summed E-state index contributed by atoms with van der Waals surface area (Å²) >= 11 is 0. The Kier molecular flexibility index (Phi) is 4.02. The van der Waals surface area contributed by atoms with Crippen molar-refractivity contribution in [3.05, 3.63) is 10.4 Å². The van der Waals surface area contributed by atoms with Gasteiger partial charge in [-0.05, 0) is 5.53 Å². The average Bonchev–Trinajstić information content (AvgIpc) is 2.02. The van der Waals surface area contributed by atoms with Gasteiger partial charge in [-0.25, -0.2) is 0 Å². The molecule has 6 heteroatoms. The van der Waals surface area contributed by atoms with Gasteiger partial charge in [0.1, 0.15) is 6.04 Å². The van der Waals surface area contributed by atoms with Crippen LogP contribution in [0.5, 0.6) is 0 Å². The molecule has 0 bridgehead atoms. The summed E-state index contributed by atoms with van der Waals surface area (Å²) < 4.78 is 4.33. The van der Waals surface area contributed by atoms with Gasteiger partial charge >= 0.3 is 5.97 Å². The molecule has 0 spiro atoms. The van der Waals surface area contributed by atoms with E-state index >= 15 is 0 Å². The summed E-state index contributed by atoms with van der Waals surface area (Å²) in [7, 11) is 1.23. The summed E-state index contributed by atoms with van der Waals surface area (Å²) in [5.41, 5.74) is 13.3. The van der Waals surface area contributed by atoms with Crippen LogP contribution in [0.2, 0.25) is 0 Å². The largest absolute Gasteiger partial charge is 0.468 e. The molecule has 0 amide bonds. The molecule has 0 saturated carbocycles. The molecule has 0 heterocycles. The fourth-order valence-electron chi connectivity index (χ4n) is 0.486. The Morgan fingerprint density at radius 1 is 1.82 bits per heavy atom. The predicted octanol–water partition coefficient (Wildman–Crippen LogP) is 0.185. The van der Waals surface area contributed by atoms with E-state index in [4.69, 9.17) is 11.3 Å². The smallest absolute Gasteiger partial charge is 0.323 e. The molecule has 0 aliphatic heterocycles. The lowest BCUT2D eigenvalue weighted by molar-refractivity contribution is -0.142. The highest BCUT2D eigenvalue weighted by atomic mass is 16.5. The molecule has 1 unspecified atom stereocenters. The number of nitrogens with two attached hydrogens (primary N) is 1. The Labute approximate surface area is 63.9 Å². The lowest BCUT2D eigenvalue weighted by Crippen LogP contribution is -2.39. The van der Waals surface area contributed by atoms with Crippen LogP contribution in [-0.2, 0) is 9.53 Å². The number of methoxy groups -OCH3 is 1. The van der Waals surface area contributed by atoms with Crippen LogP contribution in [0, 0.1) is 0 Å². The van der Waals surface area contributed by atoms with Gasteiger partial charge in [-0.15, -0.1) is 0 Å². The van der Waals surface area contributed by atoms with Gasteiger partial charge in [0.2, 0.25) is 0 Å². The molecule has 0 fully saturated rings. The Bertz CT molecular complexity index is 187. The van der Waals surface area contributed by atoms with Crippen LogP contribution in [0.1, 0.15) is 6.92 Å². The van der Waals surface area contributed by atoms with Crippen LogP contribution in [0.15, 0.2) is 5.11 Å². The third kappa shape index (κ3) is 2.88. The molecule has 0 aliphatic rings. The first-order valence-electron chi connectivity index (χ1n) is 3.01.